The van der Waals surface area contributed by atoms with E-state index in [1.54, 1.807) is 0 Å². The minimum Gasteiger partial charge on any atom is -0.427 e. The fraction of sp³-hybridized carbons (Fsp3) is 0.100. The molecule has 0 N–H and O–H groups in total. The van der Waals surface area contributed by atoms with E-state index in [9.17, 15) is 13.6 Å². The molecule has 0 saturated heterocycles. The number of benzene rings is 1. The second kappa shape index (κ2) is 4.50. The first-order valence-electron chi connectivity index (χ1n) is 3.89. The fourth-order valence-corrected chi connectivity index (χ4v) is 0.924. The summed E-state index contributed by atoms with van der Waals surface area (Å²) in [7, 11) is 0. The van der Waals surface area contributed by atoms with E-state index in [4.69, 9.17) is 4.74 Å². The highest BCUT2D eigenvalue weighted by atomic mass is 19.3. The molecule has 0 saturated carbocycles. The third kappa shape index (κ3) is 3.35. The molecule has 0 aliphatic rings. The Morgan fingerprint density at radius 3 is 2.29 bits per heavy atom. The summed E-state index contributed by atoms with van der Waals surface area (Å²) in [6, 6.07) is 5.79. The minimum atomic E-state index is -1.76. The van der Waals surface area contributed by atoms with E-state index >= 15 is 0 Å². The molecule has 0 spiro atoms. The maximum absolute atomic E-state index is 11.8. The number of carbonyl (C=O) groups excluding carboxylic acids is 1. The van der Waals surface area contributed by atoms with E-state index in [0.29, 0.717) is 11.3 Å². The number of carbonyl (C=O) groups is 1. The summed E-state index contributed by atoms with van der Waals surface area (Å²) in [5, 5.41) is 0. The largest absolute Gasteiger partial charge is 0.427 e. The van der Waals surface area contributed by atoms with E-state index in [1.165, 1.54) is 31.2 Å². The van der Waals surface area contributed by atoms with Gasteiger partial charge in [0.05, 0.1) is 0 Å². The van der Waals surface area contributed by atoms with Crippen LogP contribution in [0.4, 0.5) is 8.78 Å². The Morgan fingerprint density at radius 2 is 1.86 bits per heavy atom. The normalized spacial score (nSPS) is 9.36. The molecule has 1 aromatic rings. The Morgan fingerprint density at radius 1 is 1.29 bits per heavy atom. The van der Waals surface area contributed by atoms with Crippen LogP contribution in [0.15, 0.2) is 30.3 Å². The van der Waals surface area contributed by atoms with E-state index < -0.39 is 12.0 Å². The van der Waals surface area contributed by atoms with Crippen LogP contribution in [0.1, 0.15) is 12.5 Å². The molecule has 0 aliphatic heterocycles. The highest BCUT2D eigenvalue weighted by molar-refractivity contribution is 5.69. The van der Waals surface area contributed by atoms with Crippen molar-refractivity contribution in [2.75, 3.05) is 0 Å². The van der Waals surface area contributed by atoms with Crippen molar-refractivity contribution < 1.29 is 18.3 Å². The first-order valence-corrected chi connectivity index (χ1v) is 3.89. The van der Waals surface area contributed by atoms with E-state index in [1.807, 2.05) is 0 Å². The zero-order chi connectivity index (χ0) is 10.6. The van der Waals surface area contributed by atoms with Gasteiger partial charge in [-0.15, -0.1) is 0 Å². The number of hydrogen-bond donors (Lipinski definition) is 0. The zero-order valence-corrected chi connectivity index (χ0v) is 7.46. The minimum absolute atomic E-state index is 0.342. The summed E-state index contributed by atoms with van der Waals surface area (Å²) in [4.78, 5) is 10.5. The molecule has 0 heterocycles. The molecule has 14 heavy (non-hydrogen) atoms. The summed E-state index contributed by atoms with van der Waals surface area (Å²) in [6.07, 6.45) is -1.03. The van der Waals surface area contributed by atoms with Crippen molar-refractivity contribution in [3.8, 4) is 5.75 Å². The third-order valence-electron chi connectivity index (χ3n) is 1.42. The molecule has 1 aromatic carbocycles. The molecule has 74 valence electrons. The van der Waals surface area contributed by atoms with Crippen LogP contribution in [-0.2, 0) is 4.79 Å². The first-order chi connectivity index (χ1) is 6.58. The Bertz CT molecular complexity index is 351. The average molecular weight is 198 g/mol. The number of rotatable bonds is 2. The molecule has 0 unspecified atom stereocenters. The van der Waals surface area contributed by atoms with Crippen LogP contribution < -0.4 is 4.74 Å². The van der Waals surface area contributed by atoms with Crippen LogP contribution in [0.5, 0.6) is 5.75 Å². The zero-order valence-electron chi connectivity index (χ0n) is 7.46. The van der Waals surface area contributed by atoms with Gasteiger partial charge in [-0.3, -0.25) is 4.79 Å². The lowest BCUT2D eigenvalue weighted by Crippen LogP contribution is -2.00. The smallest absolute Gasteiger partial charge is 0.308 e. The molecule has 2 nitrogen and oxygen atoms in total. The van der Waals surface area contributed by atoms with Gasteiger partial charge in [0.15, 0.2) is 0 Å². The lowest BCUT2D eigenvalue weighted by molar-refractivity contribution is -0.131. The molecule has 0 aliphatic carbocycles. The monoisotopic (exact) mass is 198 g/mol. The summed E-state index contributed by atoms with van der Waals surface area (Å²) in [5.74, 6) is -0.0983. The maximum Gasteiger partial charge on any atom is 0.308 e. The molecule has 4 heteroatoms. The Kier molecular flexibility index (Phi) is 3.34. The Hall–Kier alpha value is -1.71. The summed E-state index contributed by atoms with van der Waals surface area (Å²) >= 11 is 0. The van der Waals surface area contributed by atoms with Gasteiger partial charge in [0.2, 0.25) is 0 Å². The highest BCUT2D eigenvalue weighted by Crippen LogP contribution is 2.15. The number of halogens is 2. The Labute approximate surface area is 79.8 Å². The Balaban J connectivity index is 2.78. The van der Waals surface area contributed by atoms with Crippen molar-refractivity contribution in [3.63, 3.8) is 0 Å². The van der Waals surface area contributed by atoms with Gasteiger partial charge < -0.3 is 4.74 Å². The van der Waals surface area contributed by atoms with Crippen LogP contribution in [0.3, 0.4) is 0 Å². The summed E-state index contributed by atoms with van der Waals surface area (Å²) < 4.78 is 28.3. The van der Waals surface area contributed by atoms with Gasteiger partial charge in [0.1, 0.15) is 5.75 Å². The molecular weight excluding hydrogens is 190 g/mol. The molecule has 0 fully saturated rings. The van der Waals surface area contributed by atoms with Crippen LogP contribution in [0, 0.1) is 0 Å². The topological polar surface area (TPSA) is 26.3 Å². The highest BCUT2D eigenvalue weighted by Gasteiger charge is 1.97. The van der Waals surface area contributed by atoms with E-state index in [2.05, 4.69) is 0 Å². The first kappa shape index (κ1) is 10.4. The lowest BCUT2D eigenvalue weighted by Gasteiger charge is -2.00. The standard InChI is InChI=1S/C10H8F2O2/c1-7(13)14-9-4-2-8(3-5-9)6-10(11)12/h2-6H,1H3. The van der Waals surface area contributed by atoms with Gasteiger partial charge in [0.25, 0.3) is 6.08 Å². The van der Waals surface area contributed by atoms with Crippen LogP contribution in [-0.4, -0.2) is 5.97 Å². The molecule has 1 rings (SSSR count). The second-order valence-electron chi connectivity index (χ2n) is 2.60. The lowest BCUT2D eigenvalue weighted by atomic mass is 10.2. The molecule has 0 atom stereocenters. The van der Waals surface area contributed by atoms with Gasteiger partial charge in [-0.2, -0.15) is 8.78 Å². The predicted molar refractivity (Wildman–Crippen MR) is 47.9 cm³/mol. The summed E-state index contributed by atoms with van der Waals surface area (Å²) in [5.41, 5.74) is 0.362. The summed E-state index contributed by atoms with van der Waals surface area (Å²) in [6.45, 7) is 1.27. The van der Waals surface area contributed by atoms with Gasteiger partial charge in [0, 0.05) is 13.0 Å². The van der Waals surface area contributed by atoms with Gasteiger partial charge in [-0.1, -0.05) is 12.1 Å². The quantitative estimate of drug-likeness (QED) is 0.539. The molecular formula is C10H8F2O2. The molecule has 0 amide bonds. The predicted octanol–water partition coefficient (Wildman–Crippen LogP) is 2.85. The van der Waals surface area contributed by atoms with Crippen molar-refractivity contribution in [1.82, 2.24) is 0 Å². The van der Waals surface area contributed by atoms with Crippen molar-refractivity contribution >= 4 is 12.0 Å². The van der Waals surface area contributed by atoms with Crippen LogP contribution in [0.2, 0.25) is 0 Å². The number of ether oxygens (including phenoxy) is 1. The van der Waals surface area contributed by atoms with Gasteiger partial charge >= 0.3 is 5.97 Å². The number of esters is 1. The number of hydrogen-bond acceptors (Lipinski definition) is 2. The SMILES string of the molecule is CC(=O)Oc1ccc(C=C(F)F)cc1. The van der Waals surface area contributed by atoms with Crippen molar-refractivity contribution in [2.45, 2.75) is 6.92 Å². The van der Waals surface area contributed by atoms with Crippen molar-refractivity contribution in [1.29, 1.82) is 0 Å². The molecule has 0 radical (unpaired) electrons. The maximum atomic E-state index is 11.8. The van der Waals surface area contributed by atoms with Crippen LogP contribution >= 0.6 is 0 Å². The molecule has 0 bridgehead atoms. The van der Waals surface area contributed by atoms with Gasteiger partial charge in [-0.05, 0) is 17.7 Å². The third-order valence-corrected chi connectivity index (χ3v) is 1.42. The van der Waals surface area contributed by atoms with E-state index in [-0.39, 0.29) is 0 Å². The fourth-order valence-electron chi connectivity index (χ4n) is 0.924. The molecule has 0 aromatic heterocycles. The van der Waals surface area contributed by atoms with Crippen molar-refractivity contribution in [3.05, 3.63) is 35.9 Å². The van der Waals surface area contributed by atoms with Crippen LogP contribution in [0.25, 0.3) is 6.08 Å². The van der Waals surface area contributed by atoms with Crippen molar-refractivity contribution in [2.24, 2.45) is 0 Å². The van der Waals surface area contributed by atoms with E-state index in [0.717, 1.165) is 6.08 Å². The second-order valence-corrected chi connectivity index (χ2v) is 2.60. The van der Waals surface area contributed by atoms with Gasteiger partial charge in [-0.25, -0.2) is 0 Å². The average Bonchev–Trinajstić information content (AvgIpc) is 2.06.